The Morgan fingerprint density at radius 2 is 2.13 bits per heavy atom. The molecule has 1 N–H and O–H groups in total. The van der Waals surface area contributed by atoms with Gasteiger partial charge in [0.2, 0.25) is 0 Å². The largest absolute Gasteiger partial charge is 0.335 e. The van der Waals surface area contributed by atoms with Gasteiger partial charge in [-0.15, -0.1) is 0 Å². The van der Waals surface area contributed by atoms with Crippen LogP contribution in [0.25, 0.3) is 11.1 Å². The minimum Gasteiger partial charge on any atom is -0.335 e. The summed E-state index contributed by atoms with van der Waals surface area (Å²) in [5, 5.41) is 8.25. The van der Waals surface area contributed by atoms with E-state index in [1.165, 1.54) is 0 Å². The van der Waals surface area contributed by atoms with Crippen molar-refractivity contribution in [3.8, 4) is 0 Å². The minimum absolute atomic E-state index is 0.175. The first-order valence-electron chi connectivity index (χ1n) is 5.04. The van der Waals surface area contributed by atoms with Gasteiger partial charge in [0.25, 0.3) is 5.71 Å². The van der Waals surface area contributed by atoms with Crippen LogP contribution in [0.2, 0.25) is 0 Å². The van der Waals surface area contributed by atoms with E-state index < -0.39 is 0 Å². The molecule has 0 amide bonds. The molecule has 0 fully saturated rings. The van der Waals surface area contributed by atoms with Crippen molar-refractivity contribution in [1.82, 2.24) is 15.5 Å². The lowest BCUT2D eigenvalue weighted by Gasteiger charge is -2.06. The zero-order valence-corrected chi connectivity index (χ0v) is 9.46. The van der Waals surface area contributed by atoms with Crippen molar-refractivity contribution in [2.75, 3.05) is 7.05 Å². The molecule has 4 heteroatoms. The summed E-state index contributed by atoms with van der Waals surface area (Å²) in [5.41, 5.74) is 3.68. The molecule has 2 aromatic heterocycles. The molecule has 0 saturated heterocycles. The van der Waals surface area contributed by atoms with E-state index in [0.29, 0.717) is 5.71 Å². The highest BCUT2D eigenvalue weighted by atomic mass is 16.5. The summed E-state index contributed by atoms with van der Waals surface area (Å²) in [4.78, 5) is 4.32. The molecular weight excluding hydrogens is 190 g/mol. The quantitative estimate of drug-likeness (QED) is 0.815. The summed E-state index contributed by atoms with van der Waals surface area (Å²) in [6.45, 7) is 6.06. The van der Waals surface area contributed by atoms with Gasteiger partial charge in [0.1, 0.15) is 5.69 Å². The molecule has 0 aliphatic rings. The van der Waals surface area contributed by atoms with Crippen molar-refractivity contribution in [2.24, 2.45) is 0 Å². The Kier molecular flexibility index (Phi) is 2.44. The predicted molar refractivity (Wildman–Crippen MR) is 58.8 cm³/mol. The van der Waals surface area contributed by atoms with Crippen LogP contribution in [0, 0.1) is 13.8 Å². The molecule has 2 heterocycles. The lowest BCUT2D eigenvalue weighted by Crippen LogP contribution is -2.13. The lowest BCUT2D eigenvalue weighted by atomic mass is 10.1. The average molecular weight is 205 g/mol. The maximum atomic E-state index is 5.23. The zero-order valence-electron chi connectivity index (χ0n) is 9.46. The smallest absolute Gasteiger partial charge is 0.258 e. The van der Waals surface area contributed by atoms with Crippen LogP contribution in [0.5, 0.6) is 0 Å². The molecule has 2 aromatic rings. The fraction of sp³-hybridized carbons (Fsp3) is 0.455. The van der Waals surface area contributed by atoms with E-state index in [1.807, 2.05) is 20.0 Å². The van der Waals surface area contributed by atoms with Crippen molar-refractivity contribution in [2.45, 2.75) is 26.8 Å². The van der Waals surface area contributed by atoms with Crippen LogP contribution in [0.4, 0.5) is 0 Å². The topological polar surface area (TPSA) is 51.0 Å². The number of fused-ring (bicyclic) bond motifs is 1. The van der Waals surface area contributed by atoms with Crippen LogP contribution in [-0.2, 0) is 0 Å². The highest BCUT2D eigenvalue weighted by Gasteiger charge is 2.16. The number of hydrogen-bond donors (Lipinski definition) is 1. The van der Waals surface area contributed by atoms with Crippen molar-refractivity contribution in [3.05, 3.63) is 23.0 Å². The monoisotopic (exact) mass is 205 g/mol. The molecule has 0 aliphatic heterocycles. The number of hydrogen-bond acceptors (Lipinski definition) is 4. The summed E-state index contributed by atoms with van der Waals surface area (Å²) in [6, 6.07) is 2.22. The molecule has 0 saturated carbocycles. The molecular formula is C11H15N3O. The number of nitrogens with zero attached hydrogens (tertiary/aromatic N) is 2. The van der Waals surface area contributed by atoms with E-state index in [2.05, 4.69) is 29.3 Å². The first kappa shape index (κ1) is 10.1. The molecule has 0 bridgehead atoms. The third-order valence-corrected chi connectivity index (χ3v) is 2.64. The van der Waals surface area contributed by atoms with Gasteiger partial charge in [0.15, 0.2) is 0 Å². The van der Waals surface area contributed by atoms with Crippen molar-refractivity contribution in [3.63, 3.8) is 0 Å². The molecule has 4 nitrogen and oxygen atoms in total. The number of rotatable bonds is 2. The van der Waals surface area contributed by atoms with Crippen LogP contribution >= 0.6 is 0 Å². The van der Waals surface area contributed by atoms with Gasteiger partial charge >= 0.3 is 0 Å². The normalized spacial score (nSPS) is 13.3. The van der Waals surface area contributed by atoms with E-state index in [4.69, 9.17) is 4.52 Å². The van der Waals surface area contributed by atoms with Gasteiger partial charge in [0.05, 0.1) is 11.4 Å². The molecule has 2 rings (SSSR count). The van der Waals surface area contributed by atoms with Gasteiger partial charge in [-0.1, -0.05) is 5.16 Å². The highest BCUT2D eigenvalue weighted by Crippen LogP contribution is 2.25. The molecule has 0 spiro atoms. The maximum Gasteiger partial charge on any atom is 0.258 e. The Morgan fingerprint density at radius 1 is 1.40 bits per heavy atom. The predicted octanol–water partition coefficient (Wildman–Crippen LogP) is 2.12. The maximum absolute atomic E-state index is 5.23. The van der Waals surface area contributed by atoms with Crippen LogP contribution < -0.4 is 5.32 Å². The summed E-state index contributed by atoms with van der Waals surface area (Å²) >= 11 is 0. The number of aryl methyl sites for hydroxylation is 2. The lowest BCUT2D eigenvalue weighted by molar-refractivity contribution is 0.426. The molecule has 80 valence electrons. The standard InChI is InChI=1S/C11H15N3O/c1-6-5-7(2)13-11-9(6)10(14-15-11)8(3)12-4/h5,8,12H,1-4H3. The van der Waals surface area contributed by atoms with Crippen LogP contribution in [0.1, 0.15) is 29.9 Å². The Balaban J connectivity index is 2.69. The fourth-order valence-corrected chi connectivity index (χ4v) is 1.75. The van der Waals surface area contributed by atoms with Gasteiger partial charge in [-0.25, -0.2) is 4.98 Å². The second kappa shape index (κ2) is 3.62. The van der Waals surface area contributed by atoms with E-state index >= 15 is 0 Å². The summed E-state index contributed by atoms with van der Waals surface area (Å²) in [6.07, 6.45) is 0. The molecule has 0 aliphatic carbocycles. The van der Waals surface area contributed by atoms with Crippen molar-refractivity contribution in [1.29, 1.82) is 0 Å². The van der Waals surface area contributed by atoms with Crippen LogP contribution in [0.15, 0.2) is 10.6 Å². The third kappa shape index (κ3) is 1.61. The SMILES string of the molecule is CNC(C)c1noc2nc(C)cc(C)c12. The van der Waals surface area contributed by atoms with Gasteiger partial charge in [-0.05, 0) is 39.4 Å². The summed E-state index contributed by atoms with van der Waals surface area (Å²) in [7, 11) is 1.90. The van der Waals surface area contributed by atoms with E-state index in [1.54, 1.807) is 0 Å². The highest BCUT2D eigenvalue weighted by molar-refractivity contribution is 5.80. The first-order chi connectivity index (χ1) is 7.13. The Morgan fingerprint density at radius 3 is 2.80 bits per heavy atom. The molecule has 1 unspecified atom stereocenters. The minimum atomic E-state index is 0.175. The first-order valence-corrected chi connectivity index (χ1v) is 5.04. The van der Waals surface area contributed by atoms with E-state index in [-0.39, 0.29) is 6.04 Å². The van der Waals surface area contributed by atoms with Gasteiger partial charge in [0, 0.05) is 5.69 Å². The van der Waals surface area contributed by atoms with Gasteiger partial charge < -0.3 is 9.84 Å². The Bertz CT molecular complexity index is 490. The fourth-order valence-electron chi connectivity index (χ4n) is 1.75. The van der Waals surface area contributed by atoms with Crippen LogP contribution in [0.3, 0.4) is 0 Å². The third-order valence-electron chi connectivity index (χ3n) is 2.64. The second-order valence-corrected chi connectivity index (χ2v) is 3.84. The average Bonchev–Trinajstić information content (AvgIpc) is 2.60. The zero-order chi connectivity index (χ0) is 11.0. The summed E-state index contributed by atoms with van der Waals surface area (Å²) in [5.74, 6) is 0. The summed E-state index contributed by atoms with van der Waals surface area (Å²) < 4.78 is 5.23. The number of aromatic nitrogens is 2. The Labute approximate surface area is 88.7 Å². The van der Waals surface area contributed by atoms with E-state index in [9.17, 15) is 0 Å². The second-order valence-electron chi connectivity index (χ2n) is 3.84. The molecule has 15 heavy (non-hydrogen) atoms. The Hall–Kier alpha value is -1.42. The number of nitrogens with one attached hydrogen (secondary N) is 1. The molecule has 0 aromatic carbocycles. The van der Waals surface area contributed by atoms with Crippen LogP contribution in [-0.4, -0.2) is 17.2 Å². The van der Waals surface area contributed by atoms with E-state index in [0.717, 1.165) is 22.3 Å². The van der Waals surface area contributed by atoms with Gasteiger partial charge in [-0.2, -0.15) is 0 Å². The molecule has 1 atom stereocenters. The number of pyridine rings is 1. The van der Waals surface area contributed by atoms with Crippen molar-refractivity contribution < 1.29 is 4.52 Å². The van der Waals surface area contributed by atoms with Crippen molar-refractivity contribution >= 4 is 11.1 Å². The van der Waals surface area contributed by atoms with Gasteiger partial charge in [-0.3, -0.25) is 0 Å². The molecule has 0 radical (unpaired) electrons.